The molecule has 1 heterocycles. The van der Waals surface area contributed by atoms with Crippen LogP contribution in [0.25, 0.3) is 0 Å². The molecule has 0 bridgehead atoms. The van der Waals surface area contributed by atoms with E-state index in [4.69, 9.17) is 0 Å². The molecular formula is C15H19F2N3. The second kappa shape index (κ2) is 6.13. The normalized spacial score (nSPS) is 12.7. The first-order valence-corrected chi connectivity index (χ1v) is 6.68. The number of halogens is 2. The van der Waals surface area contributed by atoms with Gasteiger partial charge in [0.15, 0.2) is 0 Å². The maximum absolute atomic E-state index is 13.8. The van der Waals surface area contributed by atoms with E-state index in [1.54, 1.807) is 4.68 Å². The molecule has 1 unspecified atom stereocenters. The van der Waals surface area contributed by atoms with Gasteiger partial charge in [-0.1, -0.05) is 13.0 Å². The third-order valence-electron chi connectivity index (χ3n) is 3.44. The quantitative estimate of drug-likeness (QED) is 0.912. The smallest absolute Gasteiger partial charge is 0.129 e. The van der Waals surface area contributed by atoms with Crippen molar-refractivity contribution in [3.05, 3.63) is 52.9 Å². The lowest BCUT2D eigenvalue weighted by atomic mass is 9.98. The molecule has 1 atom stereocenters. The van der Waals surface area contributed by atoms with Crippen LogP contribution in [0.1, 0.15) is 29.8 Å². The van der Waals surface area contributed by atoms with Crippen LogP contribution in [0.4, 0.5) is 8.78 Å². The van der Waals surface area contributed by atoms with Crippen LogP contribution in [-0.2, 0) is 19.9 Å². The summed E-state index contributed by atoms with van der Waals surface area (Å²) in [6, 6.07) is 3.66. The van der Waals surface area contributed by atoms with Crippen molar-refractivity contribution in [1.29, 1.82) is 0 Å². The van der Waals surface area contributed by atoms with Crippen molar-refractivity contribution in [3.63, 3.8) is 0 Å². The molecule has 0 amide bonds. The molecule has 20 heavy (non-hydrogen) atoms. The molecule has 0 aliphatic rings. The second-order valence-electron chi connectivity index (χ2n) is 4.84. The highest BCUT2D eigenvalue weighted by atomic mass is 19.1. The van der Waals surface area contributed by atoms with E-state index in [1.807, 2.05) is 27.2 Å². The number of aromatic nitrogens is 2. The standard InChI is InChI=1S/C15H19F2N3/c1-4-14-12(9-20(3)19-14)15(18-2)7-10-5-6-11(16)8-13(10)17/h5-6,8-9,15,18H,4,7H2,1-3H3. The molecule has 0 saturated heterocycles. The number of likely N-dealkylation sites (N-methyl/N-ethyl adjacent to an activating group) is 1. The van der Waals surface area contributed by atoms with Crippen LogP contribution in [0.2, 0.25) is 0 Å². The number of aryl methyl sites for hydroxylation is 2. The average Bonchev–Trinajstić information content (AvgIpc) is 2.79. The van der Waals surface area contributed by atoms with Crippen molar-refractivity contribution >= 4 is 0 Å². The van der Waals surface area contributed by atoms with E-state index in [2.05, 4.69) is 10.4 Å². The molecule has 2 rings (SSSR count). The van der Waals surface area contributed by atoms with Crippen LogP contribution in [0.15, 0.2) is 24.4 Å². The molecule has 108 valence electrons. The maximum Gasteiger partial charge on any atom is 0.129 e. The summed E-state index contributed by atoms with van der Waals surface area (Å²) < 4.78 is 28.5. The van der Waals surface area contributed by atoms with Crippen LogP contribution in [0.3, 0.4) is 0 Å². The highest BCUT2D eigenvalue weighted by molar-refractivity contribution is 5.26. The van der Waals surface area contributed by atoms with Gasteiger partial charge in [-0.3, -0.25) is 4.68 Å². The lowest BCUT2D eigenvalue weighted by molar-refractivity contribution is 0.539. The van der Waals surface area contributed by atoms with Crippen molar-refractivity contribution in [2.45, 2.75) is 25.8 Å². The summed E-state index contributed by atoms with van der Waals surface area (Å²) in [6.45, 7) is 2.04. The van der Waals surface area contributed by atoms with Gasteiger partial charge in [0, 0.05) is 30.9 Å². The fourth-order valence-electron chi connectivity index (χ4n) is 2.39. The SMILES string of the molecule is CCc1nn(C)cc1C(Cc1ccc(F)cc1F)NC. The first-order valence-electron chi connectivity index (χ1n) is 6.68. The Morgan fingerprint density at radius 1 is 1.35 bits per heavy atom. The molecule has 0 aliphatic heterocycles. The molecule has 5 heteroatoms. The van der Waals surface area contributed by atoms with E-state index in [0.29, 0.717) is 12.0 Å². The Hall–Kier alpha value is -1.75. The van der Waals surface area contributed by atoms with Gasteiger partial charge in [0.1, 0.15) is 11.6 Å². The van der Waals surface area contributed by atoms with Crippen LogP contribution < -0.4 is 5.32 Å². The number of nitrogens with zero attached hydrogens (tertiary/aromatic N) is 2. The van der Waals surface area contributed by atoms with Gasteiger partial charge >= 0.3 is 0 Å². The Kier molecular flexibility index (Phi) is 4.49. The van der Waals surface area contributed by atoms with E-state index in [-0.39, 0.29) is 6.04 Å². The van der Waals surface area contributed by atoms with Crippen molar-refractivity contribution < 1.29 is 8.78 Å². The van der Waals surface area contributed by atoms with Crippen LogP contribution in [0, 0.1) is 11.6 Å². The number of hydrogen-bond donors (Lipinski definition) is 1. The topological polar surface area (TPSA) is 29.9 Å². The van der Waals surface area contributed by atoms with Crippen molar-refractivity contribution in [2.75, 3.05) is 7.05 Å². The molecule has 3 nitrogen and oxygen atoms in total. The van der Waals surface area contributed by atoms with Gasteiger partial charge in [-0.15, -0.1) is 0 Å². The molecule has 0 aliphatic carbocycles. The maximum atomic E-state index is 13.8. The van der Waals surface area contributed by atoms with Crippen LogP contribution in [-0.4, -0.2) is 16.8 Å². The molecule has 0 saturated carbocycles. The Balaban J connectivity index is 2.28. The van der Waals surface area contributed by atoms with Crippen LogP contribution in [0.5, 0.6) is 0 Å². The first-order chi connectivity index (χ1) is 9.55. The van der Waals surface area contributed by atoms with E-state index >= 15 is 0 Å². The summed E-state index contributed by atoms with van der Waals surface area (Å²) in [6.07, 6.45) is 3.23. The predicted molar refractivity (Wildman–Crippen MR) is 74.4 cm³/mol. The number of hydrogen-bond acceptors (Lipinski definition) is 2. The lowest BCUT2D eigenvalue weighted by Crippen LogP contribution is -2.20. The van der Waals surface area contributed by atoms with Gasteiger partial charge in [0.05, 0.1) is 5.69 Å². The number of benzene rings is 1. The third kappa shape index (κ3) is 3.04. The highest BCUT2D eigenvalue weighted by Crippen LogP contribution is 2.23. The highest BCUT2D eigenvalue weighted by Gasteiger charge is 2.18. The average molecular weight is 279 g/mol. The molecular weight excluding hydrogens is 260 g/mol. The minimum absolute atomic E-state index is 0.0430. The van der Waals surface area contributed by atoms with Crippen LogP contribution >= 0.6 is 0 Å². The Morgan fingerprint density at radius 3 is 2.70 bits per heavy atom. The van der Waals surface area contributed by atoms with Gasteiger partial charge < -0.3 is 5.32 Å². The Bertz CT molecular complexity index is 593. The Labute approximate surface area is 117 Å². The minimum Gasteiger partial charge on any atom is -0.313 e. The third-order valence-corrected chi connectivity index (χ3v) is 3.44. The van der Waals surface area contributed by atoms with Crippen molar-refractivity contribution in [3.8, 4) is 0 Å². The summed E-state index contributed by atoms with van der Waals surface area (Å²) in [5.41, 5.74) is 2.55. The van der Waals surface area contributed by atoms with Gasteiger partial charge in [-0.25, -0.2) is 8.78 Å². The summed E-state index contributed by atoms with van der Waals surface area (Å²) in [5, 5.41) is 7.58. The van der Waals surface area contributed by atoms with E-state index in [9.17, 15) is 8.78 Å². The van der Waals surface area contributed by atoms with Gasteiger partial charge in [-0.2, -0.15) is 5.10 Å². The summed E-state index contributed by atoms with van der Waals surface area (Å²) in [4.78, 5) is 0. The molecule has 1 N–H and O–H groups in total. The molecule has 0 fully saturated rings. The zero-order valence-corrected chi connectivity index (χ0v) is 12.0. The van der Waals surface area contributed by atoms with E-state index in [1.165, 1.54) is 12.1 Å². The molecule has 1 aromatic carbocycles. The molecule has 0 radical (unpaired) electrons. The minimum atomic E-state index is -0.553. The molecule has 1 aromatic heterocycles. The largest absolute Gasteiger partial charge is 0.313 e. The number of nitrogens with one attached hydrogen (secondary N) is 1. The summed E-state index contributed by atoms with van der Waals surface area (Å²) in [7, 11) is 3.70. The Morgan fingerprint density at radius 2 is 2.10 bits per heavy atom. The van der Waals surface area contributed by atoms with E-state index < -0.39 is 11.6 Å². The first kappa shape index (κ1) is 14.7. The zero-order valence-electron chi connectivity index (χ0n) is 12.0. The fourth-order valence-corrected chi connectivity index (χ4v) is 2.39. The van der Waals surface area contributed by atoms with Crippen molar-refractivity contribution in [1.82, 2.24) is 15.1 Å². The molecule has 2 aromatic rings. The molecule has 0 spiro atoms. The van der Waals surface area contributed by atoms with Crippen molar-refractivity contribution in [2.24, 2.45) is 7.05 Å². The van der Waals surface area contributed by atoms with Gasteiger partial charge in [0.25, 0.3) is 0 Å². The van der Waals surface area contributed by atoms with E-state index in [0.717, 1.165) is 23.7 Å². The zero-order chi connectivity index (χ0) is 14.7. The van der Waals surface area contributed by atoms with Gasteiger partial charge in [0.2, 0.25) is 0 Å². The lowest BCUT2D eigenvalue weighted by Gasteiger charge is -2.16. The number of rotatable bonds is 5. The second-order valence-corrected chi connectivity index (χ2v) is 4.84. The predicted octanol–water partition coefficient (Wildman–Crippen LogP) is 2.76. The fraction of sp³-hybridized carbons (Fsp3) is 0.400. The monoisotopic (exact) mass is 279 g/mol. The summed E-state index contributed by atoms with van der Waals surface area (Å²) in [5.74, 6) is -1.06. The summed E-state index contributed by atoms with van der Waals surface area (Å²) >= 11 is 0. The van der Waals surface area contributed by atoms with Gasteiger partial charge in [-0.05, 0) is 31.5 Å².